The second kappa shape index (κ2) is 7.05. The molecule has 4 rings (SSSR count). The Morgan fingerprint density at radius 3 is 2.59 bits per heavy atom. The molecular weight excluding hydrogens is 360 g/mol. The third kappa shape index (κ3) is 3.26. The standard InChI is InChI=1S/C20H24N4O2S/c1-12(2)24-19-17(11-21-24)16(20(25)23-5-7-26-8-6-23)10-18(22-19)15-9-13(3)27-14(15)4/h9-12H,5-8H2,1-4H3. The molecule has 27 heavy (non-hydrogen) atoms. The van der Waals surface area contributed by atoms with Gasteiger partial charge in [0.05, 0.1) is 36.1 Å². The van der Waals surface area contributed by atoms with Gasteiger partial charge >= 0.3 is 0 Å². The first-order valence-corrected chi connectivity index (χ1v) is 10.1. The third-order valence-electron chi connectivity index (χ3n) is 4.90. The molecule has 3 aromatic rings. The Bertz CT molecular complexity index is 999. The van der Waals surface area contributed by atoms with Crippen LogP contribution in [0, 0.1) is 13.8 Å². The Morgan fingerprint density at radius 1 is 1.22 bits per heavy atom. The highest BCUT2D eigenvalue weighted by atomic mass is 32.1. The first-order chi connectivity index (χ1) is 13.0. The van der Waals surface area contributed by atoms with Gasteiger partial charge in [-0.1, -0.05) is 0 Å². The molecule has 3 aromatic heterocycles. The number of amides is 1. The van der Waals surface area contributed by atoms with Gasteiger partial charge in [0.2, 0.25) is 0 Å². The molecule has 0 unspecified atom stereocenters. The number of carbonyl (C=O) groups excluding carboxylic acids is 1. The van der Waals surface area contributed by atoms with Gasteiger partial charge in [-0.2, -0.15) is 5.10 Å². The zero-order valence-electron chi connectivity index (χ0n) is 16.2. The highest BCUT2D eigenvalue weighted by Gasteiger charge is 2.24. The number of aromatic nitrogens is 3. The lowest BCUT2D eigenvalue weighted by molar-refractivity contribution is 0.0304. The molecule has 0 atom stereocenters. The Hall–Kier alpha value is -2.25. The van der Waals surface area contributed by atoms with Crippen molar-refractivity contribution in [2.75, 3.05) is 26.3 Å². The van der Waals surface area contributed by atoms with Crippen LogP contribution in [-0.4, -0.2) is 51.9 Å². The third-order valence-corrected chi connectivity index (χ3v) is 5.87. The molecule has 0 bridgehead atoms. The van der Waals surface area contributed by atoms with Gasteiger partial charge < -0.3 is 9.64 Å². The zero-order chi connectivity index (χ0) is 19.1. The fourth-order valence-electron chi connectivity index (χ4n) is 3.53. The van der Waals surface area contributed by atoms with Crippen molar-refractivity contribution < 1.29 is 9.53 Å². The topological polar surface area (TPSA) is 60.3 Å². The highest BCUT2D eigenvalue weighted by molar-refractivity contribution is 7.12. The lowest BCUT2D eigenvalue weighted by atomic mass is 10.1. The maximum atomic E-state index is 13.3. The van der Waals surface area contributed by atoms with Gasteiger partial charge in [-0.25, -0.2) is 9.67 Å². The SMILES string of the molecule is Cc1cc(-c2cc(C(=O)N3CCOCC3)c3cnn(C(C)C)c3n2)c(C)s1. The van der Waals surface area contributed by atoms with E-state index in [0.29, 0.717) is 31.9 Å². The van der Waals surface area contributed by atoms with Crippen molar-refractivity contribution in [2.24, 2.45) is 0 Å². The second-order valence-corrected chi connectivity index (χ2v) is 8.67. The number of fused-ring (bicyclic) bond motifs is 1. The lowest BCUT2D eigenvalue weighted by Crippen LogP contribution is -2.40. The molecule has 0 aromatic carbocycles. The van der Waals surface area contributed by atoms with Crippen molar-refractivity contribution in [3.63, 3.8) is 0 Å². The van der Waals surface area contributed by atoms with E-state index in [-0.39, 0.29) is 11.9 Å². The summed E-state index contributed by atoms with van der Waals surface area (Å²) in [5, 5.41) is 5.32. The number of hydrogen-bond donors (Lipinski definition) is 0. The van der Waals surface area contributed by atoms with Crippen molar-refractivity contribution in [2.45, 2.75) is 33.7 Å². The summed E-state index contributed by atoms with van der Waals surface area (Å²) >= 11 is 1.75. The average molecular weight is 385 g/mol. The number of hydrogen-bond acceptors (Lipinski definition) is 5. The smallest absolute Gasteiger partial charge is 0.254 e. The minimum atomic E-state index is 0.0276. The van der Waals surface area contributed by atoms with Crippen LogP contribution in [0.1, 0.15) is 40.0 Å². The van der Waals surface area contributed by atoms with E-state index in [1.165, 1.54) is 9.75 Å². The minimum Gasteiger partial charge on any atom is -0.378 e. The molecule has 142 valence electrons. The van der Waals surface area contributed by atoms with Crippen molar-refractivity contribution >= 4 is 28.3 Å². The minimum absolute atomic E-state index is 0.0276. The van der Waals surface area contributed by atoms with Crippen LogP contribution in [0.25, 0.3) is 22.3 Å². The van der Waals surface area contributed by atoms with Crippen molar-refractivity contribution in [3.8, 4) is 11.3 Å². The molecule has 0 N–H and O–H groups in total. The van der Waals surface area contributed by atoms with E-state index in [9.17, 15) is 4.79 Å². The molecule has 1 fully saturated rings. The number of carbonyl (C=O) groups is 1. The van der Waals surface area contributed by atoms with Crippen LogP contribution >= 0.6 is 11.3 Å². The fourth-order valence-corrected chi connectivity index (χ4v) is 4.47. The quantitative estimate of drug-likeness (QED) is 0.689. The molecule has 1 aliphatic heterocycles. The molecule has 1 saturated heterocycles. The highest BCUT2D eigenvalue weighted by Crippen LogP contribution is 2.33. The van der Waals surface area contributed by atoms with Crippen LogP contribution in [0.2, 0.25) is 0 Å². The van der Waals surface area contributed by atoms with Gasteiger partial charge in [-0.3, -0.25) is 4.79 Å². The summed E-state index contributed by atoms with van der Waals surface area (Å²) in [4.78, 5) is 22.5. The first-order valence-electron chi connectivity index (χ1n) is 9.28. The summed E-state index contributed by atoms with van der Waals surface area (Å²) in [5.41, 5.74) is 3.37. The van der Waals surface area contributed by atoms with Gasteiger partial charge in [-0.15, -0.1) is 11.3 Å². The molecule has 0 aliphatic carbocycles. The van der Waals surface area contributed by atoms with Crippen molar-refractivity contribution in [3.05, 3.63) is 33.6 Å². The first kappa shape index (κ1) is 18.1. The molecule has 4 heterocycles. The Morgan fingerprint density at radius 2 is 1.96 bits per heavy atom. The van der Waals surface area contributed by atoms with Crippen LogP contribution in [0.4, 0.5) is 0 Å². The molecular formula is C20H24N4O2S. The summed E-state index contributed by atoms with van der Waals surface area (Å²) in [6, 6.07) is 4.25. The molecule has 0 spiro atoms. The number of ether oxygens (including phenoxy) is 1. The normalized spacial score (nSPS) is 15.1. The molecule has 1 amide bonds. The van der Waals surface area contributed by atoms with E-state index in [1.54, 1.807) is 17.5 Å². The number of morpholine rings is 1. The van der Waals surface area contributed by atoms with Crippen molar-refractivity contribution in [1.82, 2.24) is 19.7 Å². The van der Waals surface area contributed by atoms with E-state index < -0.39 is 0 Å². The van der Waals surface area contributed by atoms with Crippen LogP contribution in [0.3, 0.4) is 0 Å². The van der Waals surface area contributed by atoms with Gasteiger partial charge in [-0.05, 0) is 39.8 Å². The molecule has 0 radical (unpaired) electrons. The van der Waals surface area contributed by atoms with E-state index in [1.807, 2.05) is 15.6 Å². The molecule has 6 nitrogen and oxygen atoms in total. The summed E-state index contributed by atoms with van der Waals surface area (Å²) in [5.74, 6) is 0.0276. The van der Waals surface area contributed by atoms with E-state index in [4.69, 9.17) is 9.72 Å². The molecule has 7 heteroatoms. The van der Waals surface area contributed by atoms with Crippen molar-refractivity contribution in [1.29, 1.82) is 0 Å². The summed E-state index contributed by atoms with van der Waals surface area (Å²) in [7, 11) is 0. The van der Waals surface area contributed by atoms with Gasteiger partial charge in [0, 0.05) is 34.4 Å². The number of pyridine rings is 1. The monoisotopic (exact) mass is 384 g/mol. The number of rotatable bonds is 3. The van der Waals surface area contributed by atoms with E-state index >= 15 is 0 Å². The Balaban J connectivity index is 1.90. The maximum absolute atomic E-state index is 13.3. The summed E-state index contributed by atoms with van der Waals surface area (Å²) in [6.45, 7) is 10.7. The Kier molecular flexibility index (Phi) is 4.74. The van der Waals surface area contributed by atoms with Crippen LogP contribution in [-0.2, 0) is 4.74 Å². The second-order valence-electron chi connectivity index (χ2n) is 7.21. The number of thiophene rings is 1. The summed E-state index contributed by atoms with van der Waals surface area (Å²) < 4.78 is 7.29. The lowest BCUT2D eigenvalue weighted by Gasteiger charge is -2.27. The van der Waals surface area contributed by atoms with Crippen LogP contribution < -0.4 is 0 Å². The predicted octanol–water partition coefficient (Wildman–Crippen LogP) is 3.83. The zero-order valence-corrected chi connectivity index (χ0v) is 17.0. The largest absolute Gasteiger partial charge is 0.378 e. The predicted molar refractivity (Wildman–Crippen MR) is 107 cm³/mol. The summed E-state index contributed by atoms with van der Waals surface area (Å²) in [6.07, 6.45) is 1.77. The fraction of sp³-hybridized carbons (Fsp3) is 0.450. The maximum Gasteiger partial charge on any atom is 0.254 e. The van der Waals surface area contributed by atoms with Gasteiger partial charge in [0.25, 0.3) is 5.91 Å². The number of nitrogens with zero attached hydrogens (tertiary/aromatic N) is 4. The van der Waals surface area contributed by atoms with Gasteiger partial charge in [0.1, 0.15) is 0 Å². The van der Waals surface area contributed by atoms with Crippen LogP contribution in [0.15, 0.2) is 18.3 Å². The van der Waals surface area contributed by atoms with Crippen LogP contribution in [0.5, 0.6) is 0 Å². The average Bonchev–Trinajstić information content (AvgIpc) is 3.23. The number of aryl methyl sites for hydroxylation is 2. The molecule has 1 aliphatic rings. The van der Waals surface area contributed by atoms with E-state index in [2.05, 4.69) is 38.9 Å². The van der Waals surface area contributed by atoms with Gasteiger partial charge in [0.15, 0.2) is 5.65 Å². The molecule has 0 saturated carbocycles. The Labute approximate surface area is 162 Å². The van der Waals surface area contributed by atoms with E-state index in [0.717, 1.165) is 22.3 Å².